The van der Waals surface area contributed by atoms with Crippen molar-refractivity contribution < 1.29 is 27.4 Å². The molecule has 0 unspecified atom stereocenters. The number of amidine groups is 1. The Morgan fingerprint density at radius 3 is 2.48 bits per heavy atom. The van der Waals surface area contributed by atoms with Crippen molar-refractivity contribution in [2.75, 3.05) is 30.0 Å². The quantitative estimate of drug-likeness (QED) is 0.369. The number of nitrogens with one attached hydrogen (secondary N) is 2. The molecule has 5 heterocycles. The summed E-state index contributed by atoms with van der Waals surface area (Å²) in [5, 5.41) is 11.7. The number of anilines is 3. The SMILES string of the molecule is CC1(C)C(=O)N(c2cnc(C3CCOCC3)nc2)c2nc(COC(=N)N3CCC[C@@H]3C(F)(F)F)nc(NC3CCC3)c21. The van der Waals surface area contributed by atoms with E-state index >= 15 is 0 Å². The number of alkyl halides is 3. The highest BCUT2D eigenvalue weighted by atomic mass is 19.4. The zero-order valence-electron chi connectivity index (χ0n) is 23.7. The fraction of sp³-hybridized carbons (Fsp3) is 0.643. The van der Waals surface area contributed by atoms with Crippen LogP contribution >= 0.6 is 0 Å². The Balaban J connectivity index is 1.30. The van der Waals surface area contributed by atoms with Gasteiger partial charge in [-0.2, -0.15) is 13.2 Å². The summed E-state index contributed by atoms with van der Waals surface area (Å²) in [6.45, 7) is 4.71. The molecule has 11 nitrogen and oxygen atoms in total. The first-order valence-electron chi connectivity index (χ1n) is 14.5. The third-order valence-corrected chi connectivity index (χ3v) is 8.69. The number of ether oxygens (including phenoxy) is 2. The van der Waals surface area contributed by atoms with Crippen LogP contribution in [0.4, 0.5) is 30.5 Å². The number of rotatable bonds is 6. The smallest absolute Gasteiger partial charge is 0.408 e. The van der Waals surface area contributed by atoms with E-state index in [0.717, 1.165) is 37.0 Å². The van der Waals surface area contributed by atoms with Crippen molar-refractivity contribution in [1.29, 1.82) is 5.41 Å². The number of halogens is 3. The molecule has 1 amide bonds. The molecule has 226 valence electrons. The number of nitrogens with zero attached hydrogens (tertiary/aromatic N) is 6. The lowest BCUT2D eigenvalue weighted by Gasteiger charge is -2.29. The lowest BCUT2D eigenvalue weighted by atomic mass is 9.86. The van der Waals surface area contributed by atoms with Crippen LogP contribution in [0.2, 0.25) is 0 Å². The summed E-state index contributed by atoms with van der Waals surface area (Å²) in [5.41, 5.74) is 0.117. The number of likely N-dealkylation sites (tertiary alicyclic amines) is 1. The predicted octanol–water partition coefficient (Wildman–Crippen LogP) is 4.56. The summed E-state index contributed by atoms with van der Waals surface area (Å²) in [6.07, 6.45) is 3.71. The summed E-state index contributed by atoms with van der Waals surface area (Å²) in [6, 6.07) is -2.13. The van der Waals surface area contributed by atoms with E-state index in [1.807, 2.05) is 13.8 Å². The number of hydrogen-bond donors (Lipinski definition) is 2. The molecule has 1 aliphatic carbocycles. The van der Waals surface area contributed by atoms with Gasteiger partial charge in [0.25, 0.3) is 6.02 Å². The fourth-order valence-corrected chi connectivity index (χ4v) is 6.05. The van der Waals surface area contributed by atoms with Crippen LogP contribution in [0.15, 0.2) is 12.4 Å². The minimum absolute atomic E-state index is 0.0818. The summed E-state index contributed by atoms with van der Waals surface area (Å²) >= 11 is 0. The number of hydrogen-bond acceptors (Lipinski definition) is 9. The summed E-state index contributed by atoms with van der Waals surface area (Å²) in [7, 11) is 0. The van der Waals surface area contributed by atoms with Crippen LogP contribution in [0.3, 0.4) is 0 Å². The van der Waals surface area contributed by atoms with Gasteiger partial charge in [-0.15, -0.1) is 0 Å². The number of amides is 1. The summed E-state index contributed by atoms with van der Waals surface area (Å²) in [4.78, 5) is 34.7. The first-order chi connectivity index (χ1) is 20.0. The maximum atomic E-state index is 13.9. The Morgan fingerprint density at radius 1 is 1.12 bits per heavy atom. The molecule has 0 spiro atoms. The molecule has 6 rings (SSSR count). The molecule has 3 fully saturated rings. The maximum absolute atomic E-state index is 13.9. The van der Waals surface area contributed by atoms with Crippen LogP contribution in [0, 0.1) is 5.41 Å². The Kier molecular flexibility index (Phi) is 7.44. The monoisotopic (exact) mass is 588 g/mol. The maximum Gasteiger partial charge on any atom is 0.408 e. The van der Waals surface area contributed by atoms with Crippen LogP contribution in [-0.4, -0.2) is 74.8 Å². The molecule has 2 N–H and O–H groups in total. The van der Waals surface area contributed by atoms with Crippen molar-refractivity contribution in [2.24, 2.45) is 0 Å². The Hall–Kier alpha value is -3.55. The van der Waals surface area contributed by atoms with Gasteiger partial charge >= 0.3 is 6.18 Å². The molecule has 3 aliphatic heterocycles. The molecule has 2 saturated heterocycles. The Morgan fingerprint density at radius 2 is 1.83 bits per heavy atom. The van der Waals surface area contributed by atoms with Gasteiger partial charge in [0.1, 0.15) is 23.5 Å². The first kappa shape index (κ1) is 28.6. The summed E-state index contributed by atoms with van der Waals surface area (Å²) < 4.78 is 51.3. The average molecular weight is 589 g/mol. The minimum Gasteiger partial charge on any atom is -0.457 e. The molecule has 0 bridgehead atoms. The normalized spacial score (nSPS) is 22.7. The van der Waals surface area contributed by atoms with E-state index < -0.39 is 23.7 Å². The van der Waals surface area contributed by atoms with Gasteiger partial charge in [0.15, 0.2) is 12.4 Å². The van der Waals surface area contributed by atoms with E-state index in [1.165, 1.54) is 4.90 Å². The van der Waals surface area contributed by atoms with E-state index in [4.69, 9.17) is 14.9 Å². The van der Waals surface area contributed by atoms with Crippen molar-refractivity contribution in [1.82, 2.24) is 24.8 Å². The van der Waals surface area contributed by atoms with Gasteiger partial charge in [-0.3, -0.25) is 15.1 Å². The number of aromatic nitrogens is 4. The molecule has 2 aromatic heterocycles. The highest BCUT2D eigenvalue weighted by Gasteiger charge is 2.50. The predicted molar refractivity (Wildman–Crippen MR) is 147 cm³/mol. The molecular weight excluding hydrogens is 553 g/mol. The molecule has 0 aromatic carbocycles. The zero-order valence-corrected chi connectivity index (χ0v) is 23.7. The fourth-order valence-electron chi connectivity index (χ4n) is 6.05. The van der Waals surface area contributed by atoms with Crippen LogP contribution in [-0.2, 0) is 26.3 Å². The topological polar surface area (TPSA) is 129 Å². The lowest BCUT2D eigenvalue weighted by molar-refractivity contribution is -0.169. The lowest BCUT2D eigenvalue weighted by Crippen LogP contribution is -2.45. The average Bonchev–Trinajstić information content (AvgIpc) is 3.52. The van der Waals surface area contributed by atoms with Crippen LogP contribution in [0.1, 0.15) is 81.9 Å². The van der Waals surface area contributed by atoms with Crippen LogP contribution in [0.25, 0.3) is 0 Å². The standard InChI is InChI=1S/C28H35F3N8O3/c1-27(2)21-23(35-17-5-3-6-17)36-20(15-42-26(32)38-10-4-7-19(38)28(29,30)31)37-24(21)39(25(27)40)18-13-33-22(34-14-18)16-8-11-41-12-9-16/h13-14,16-17,19,32H,3-12,15H2,1-2H3,(H,35,36,37)/t19-/m1/s1. The minimum atomic E-state index is -4.45. The van der Waals surface area contributed by atoms with Gasteiger partial charge in [0, 0.05) is 31.7 Å². The van der Waals surface area contributed by atoms with Crippen LogP contribution in [0.5, 0.6) is 0 Å². The molecule has 1 atom stereocenters. The van der Waals surface area contributed by atoms with Gasteiger partial charge in [0.2, 0.25) is 5.91 Å². The van der Waals surface area contributed by atoms with Gasteiger partial charge in [-0.05, 0) is 58.8 Å². The highest BCUT2D eigenvalue weighted by Crippen LogP contribution is 2.47. The Labute approximate surface area is 241 Å². The second kappa shape index (κ2) is 10.9. The third kappa shape index (κ3) is 5.25. The van der Waals surface area contributed by atoms with Crippen molar-refractivity contribution in [3.05, 3.63) is 29.6 Å². The van der Waals surface area contributed by atoms with Crippen LogP contribution < -0.4 is 10.2 Å². The molecule has 0 radical (unpaired) electrons. The second-order valence-electron chi connectivity index (χ2n) is 11.9. The van der Waals surface area contributed by atoms with Gasteiger partial charge in [-0.25, -0.2) is 19.9 Å². The summed E-state index contributed by atoms with van der Waals surface area (Å²) in [5.74, 6) is 1.67. The van der Waals surface area contributed by atoms with Gasteiger partial charge < -0.3 is 19.7 Å². The van der Waals surface area contributed by atoms with E-state index in [9.17, 15) is 18.0 Å². The van der Waals surface area contributed by atoms with E-state index in [0.29, 0.717) is 48.3 Å². The number of carbonyl (C=O) groups is 1. The van der Waals surface area contributed by atoms with E-state index in [1.54, 1.807) is 12.4 Å². The largest absolute Gasteiger partial charge is 0.457 e. The highest BCUT2D eigenvalue weighted by molar-refractivity contribution is 6.12. The molecule has 14 heteroatoms. The van der Waals surface area contributed by atoms with Gasteiger partial charge in [0.05, 0.1) is 29.1 Å². The van der Waals surface area contributed by atoms with Crippen molar-refractivity contribution in [2.45, 2.75) is 95.0 Å². The van der Waals surface area contributed by atoms with Crippen molar-refractivity contribution in [3.8, 4) is 0 Å². The molecule has 2 aromatic rings. The zero-order chi connectivity index (χ0) is 29.6. The van der Waals surface area contributed by atoms with E-state index in [-0.39, 0.29) is 43.3 Å². The van der Waals surface area contributed by atoms with Gasteiger partial charge in [-0.1, -0.05) is 0 Å². The van der Waals surface area contributed by atoms with E-state index in [2.05, 4.69) is 25.3 Å². The first-order valence-corrected chi connectivity index (χ1v) is 14.5. The molecule has 4 aliphatic rings. The number of fused-ring (bicyclic) bond motifs is 1. The van der Waals surface area contributed by atoms with Crippen molar-refractivity contribution >= 4 is 29.3 Å². The molecule has 42 heavy (non-hydrogen) atoms. The third-order valence-electron chi connectivity index (χ3n) is 8.69. The molecule has 1 saturated carbocycles. The molecular formula is C28H35F3N8O3. The van der Waals surface area contributed by atoms with Crippen molar-refractivity contribution in [3.63, 3.8) is 0 Å². The number of carbonyl (C=O) groups excluding carboxylic acids is 1. The Bertz CT molecular complexity index is 1340. The second-order valence-corrected chi connectivity index (χ2v) is 11.9.